The summed E-state index contributed by atoms with van der Waals surface area (Å²) in [6.45, 7) is 0. The summed E-state index contributed by atoms with van der Waals surface area (Å²) in [6.07, 6.45) is -10.5. The average molecular weight is 608 g/mol. The zero-order valence-electron chi connectivity index (χ0n) is 15.9. The van der Waals surface area contributed by atoms with Gasteiger partial charge in [-0.3, -0.25) is 0 Å². The molecule has 36 heavy (non-hydrogen) atoms. The predicted octanol–water partition coefficient (Wildman–Crippen LogP) is 7.89. The summed E-state index contributed by atoms with van der Waals surface area (Å²) in [5.74, 6) is -49.8. The first-order chi connectivity index (χ1) is 15.9. The molecular formula is C14H5F17O3S2. The highest BCUT2D eigenvalue weighted by Gasteiger charge is 2.90. The molecule has 0 saturated carbocycles. The summed E-state index contributed by atoms with van der Waals surface area (Å²) in [7, 11) is 0. The van der Waals surface area contributed by atoms with E-state index >= 15 is 0 Å². The molecule has 0 aliphatic heterocycles. The Bertz CT molecular complexity index is 921. The molecule has 0 aromatic heterocycles. The molecule has 1 aromatic rings. The van der Waals surface area contributed by atoms with Crippen molar-refractivity contribution in [1.82, 2.24) is 0 Å². The van der Waals surface area contributed by atoms with Gasteiger partial charge < -0.3 is 0 Å². The molecule has 22 heteroatoms. The van der Waals surface area contributed by atoms with Crippen LogP contribution in [0, 0.1) is 23.3 Å². The largest absolute Gasteiger partial charge is 0.460 e. The topological polar surface area (TPSA) is 38.7 Å². The molecule has 1 rings (SSSR count). The minimum Gasteiger partial charge on any atom is -0.220 e. The highest BCUT2D eigenvalue weighted by molar-refractivity contribution is 7.99. The van der Waals surface area contributed by atoms with E-state index in [1.807, 2.05) is 0 Å². The van der Waals surface area contributed by atoms with Gasteiger partial charge in [0, 0.05) is 12.2 Å². The van der Waals surface area contributed by atoms with Crippen LogP contribution in [0.1, 0.15) is 6.42 Å². The van der Waals surface area contributed by atoms with Crippen molar-refractivity contribution in [3.63, 3.8) is 0 Å². The third-order valence-corrected chi connectivity index (χ3v) is 5.70. The van der Waals surface area contributed by atoms with Crippen LogP contribution in [0.25, 0.3) is 0 Å². The smallest absolute Gasteiger partial charge is 0.220 e. The van der Waals surface area contributed by atoms with Crippen LogP contribution in [0.4, 0.5) is 74.6 Å². The van der Waals surface area contributed by atoms with E-state index < -0.39 is 105 Å². The van der Waals surface area contributed by atoms with Crippen molar-refractivity contribution >= 4 is 23.8 Å². The zero-order chi connectivity index (χ0) is 28.7. The third kappa shape index (κ3) is 5.27. The maximum atomic E-state index is 13.9. The van der Waals surface area contributed by atoms with Crippen LogP contribution in [0.5, 0.6) is 0 Å². The van der Waals surface area contributed by atoms with Crippen molar-refractivity contribution < 1.29 is 89.3 Å². The van der Waals surface area contributed by atoms with Gasteiger partial charge in [-0.2, -0.15) is 57.1 Å². The standard InChI is InChI=1S/C14H5F17O3S2/c15-3-5(17)8(36-34-33-32)6(18)4(16)7(3)35-2-1-9(19,20)10(21,22)11(23,24)12(25,26)13(27,28)14(29,30)31/h32H,1-2H2. The monoisotopic (exact) mass is 608 g/mol. The lowest BCUT2D eigenvalue weighted by Crippen LogP contribution is -2.70. The quantitative estimate of drug-likeness (QED) is 0.0691. The first kappa shape index (κ1) is 32.6. The van der Waals surface area contributed by atoms with Gasteiger partial charge in [0.25, 0.3) is 0 Å². The minimum absolute atomic E-state index is 0.676. The molecule has 0 heterocycles. The van der Waals surface area contributed by atoms with Gasteiger partial charge >= 0.3 is 35.8 Å². The van der Waals surface area contributed by atoms with Gasteiger partial charge in [-0.25, -0.2) is 22.8 Å². The van der Waals surface area contributed by atoms with E-state index in [1.54, 1.807) is 0 Å². The number of alkyl halides is 13. The predicted molar refractivity (Wildman–Crippen MR) is 83.1 cm³/mol. The highest BCUT2D eigenvalue weighted by Crippen LogP contribution is 2.60. The van der Waals surface area contributed by atoms with E-state index in [-0.39, 0.29) is 0 Å². The van der Waals surface area contributed by atoms with E-state index in [0.29, 0.717) is 0 Å². The van der Waals surface area contributed by atoms with Crippen LogP contribution >= 0.6 is 23.8 Å². The number of halogens is 17. The van der Waals surface area contributed by atoms with E-state index in [2.05, 4.69) is 9.37 Å². The number of rotatable bonds is 11. The van der Waals surface area contributed by atoms with Gasteiger partial charge in [-0.1, -0.05) is 5.04 Å². The Morgan fingerprint density at radius 2 is 0.972 bits per heavy atom. The molecule has 210 valence electrons. The van der Waals surface area contributed by atoms with Crippen LogP contribution in [0.2, 0.25) is 0 Å². The van der Waals surface area contributed by atoms with Crippen molar-refractivity contribution in [3.05, 3.63) is 23.3 Å². The Kier molecular flexibility index (Phi) is 9.43. The van der Waals surface area contributed by atoms with Gasteiger partial charge in [0.15, 0.2) is 23.3 Å². The Balaban J connectivity index is 3.25. The lowest BCUT2D eigenvalue weighted by Gasteiger charge is -2.39. The zero-order valence-corrected chi connectivity index (χ0v) is 17.6. The van der Waals surface area contributed by atoms with Gasteiger partial charge in [-0.15, -0.1) is 16.1 Å². The summed E-state index contributed by atoms with van der Waals surface area (Å²) >= 11 is -1.50. The first-order valence-electron chi connectivity index (χ1n) is 8.03. The molecule has 3 nitrogen and oxygen atoms in total. The van der Waals surface area contributed by atoms with E-state index in [0.717, 1.165) is 0 Å². The fourth-order valence-corrected chi connectivity index (χ4v) is 3.50. The molecule has 0 radical (unpaired) electrons. The van der Waals surface area contributed by atoms with E-state index in [1.165, 1.54) is 0 Å². The van der Waals surface area contributed by atoms with Crippen molar-refractivity contribution in [1.29, 1.82) is 0 Å². The maximum absolute atomic E-state index is 13.9. The molecule has 1 N–H and O–H groups in total. The summed E-state index contributed by atoms with van der Waals surface area (Å²) in [4.78, 5) is -3.59. The molecule has 0 aliphatic rings. The summed E-state index contributed by atoms with van der Waals surface area (Å²) in [6, 6.07) is 0. The number of benzene rings is 1. The second kappa shape index (κ2) is 10.4. The SMILES string of the molecule is OOOSc1c(F)c(F)c(SCCC(F)(F)C(F)(F)C(F)(F)C(F)(F)C(F)(F)C(F)(F)F)c(F)c1F. The number of hydrogen-bond acceptors (Lipinski definition) is 5. The highest BCUT2D eigenvalue weighted by atomic mass is 32.2. The normalized spacial score (nSPS) is 14.5. The van der Waals surface area contributed by atoms with Gasteiger partial charge in [0.2, 0.25) is 0 Å². The molecule has 0 unspecified atom stereocenters. The second-order valence-corrected chi connectivity index (χ2v) is 8.05. The summed E-state index contributed by atoms with van der Waals surface area (Å²) in [5.41, 5.74) is 0. The Hall–Kier alpha value is -1.39. The molecule has 1 aromatic carbocycles. The van der Waals surface area contributed by atoms with Crippen molar-refractivity contribution in [2.75, 3.05) is 5.75 Å². The maximum Gasteiger partial charge on any atom is 0.460 e. The van der Waals surface area contributed by atoms with E-state index in [9.17, 15) is 74.6 Å². The molecule has 0 amide bonds. The average Bonchev–Trinajstić information content (AvgIpc) is 2.73. The summed E-state index contributed by atoms with van der Waals surface area (Å²) < 4.78 is 228. The Morgan fingerprint density at radius 3 is 1.36 bits per heavy atom. The molecule has 0 fully saturated rings. The van der Waals surface area contributed by atoms with Crippen molar-refractivity contribution in [2.45, 2.75) is 52.0 Å². The Morgan fingerprint density at radius 1 is 0.583 bits per heavy atom. The van der Waals surface area contributed by atoms with Crippen LogP contribution in [0.15, 0.2) is 9.79 Å². The van der Waals surface area contributed by atoms with Gasteiger partial charge in [0.05, 0.1) is 16.9 Å². The second-order valence-electron chi connectivity index (χ2n) is 6.24. The summed E-state index contributed by atoms with van der Waals surface area (Å²) in [5, 5.41) is 10.7. The molecule has 0 atom stereocenters. The lowest BCUT2D eigenvalue weighted by atomic mass is 9.93. The van der Waals surface area contributed by atoms with Crippen LogP contribution in [0.3, 0.4) is 0 Å². The molecule has 0 spiro atoms. The number of thioether (sulfide) groups is 1. The van der Waals surface area contributed by atoms with Crippen LogP contribution in [-0.2, 0) is 9.37 Å². The van der Waals surface area contributed by atoms with Gasteiger partial charge in [-0.05, 0) is 0 Å². The fourth-order valence-electron chi connectivity index (χ4n) is 2.08. The minimum atomic E-state index is -8.13. The van der Waals surface area contributed by atoms with E-state index in [4.69, 9.17) is 5.26 Å². The first-order valence-corrected chi connectivity index (χ1v) is 9.76. The molecular weight excluding hydrogens is 603 g/mol. The third-order valence-electron chi connectivity index (χ3n) is 3.99. The lowest BCUT2D eigenvalue weighted by molar-refractivity contribution is -0.439. The molecule has 0 saturated heterocycles. The van der Waals surface area contributed by atoms with Crippen LogP contribution in [-0.4, -0.2) is 46.8 Å². The Labute approximate surface area is 195 Å². The number of hydrogen-bond donors (Lipinski definition) is 1. The van der Waals surface area contributed by atoms with Crippen LogP contribution < -0.4 is 0 Å². The fraction of sp³-hybridized carbons (Fsp3) is 0.571. The molecule has 0 bridgehead atoms. The van der Waals surface area contributed by atoms with Gasteiger partial charge in [0.1, 0.15) is 4.90 Å². The van der Waals surface area contributed by atoms with Crippen molar-refractivity contribution in [2.24, 2.45) is 0 Å². The molecule has 0 aliphatic carbocycles. The van der Waals surface area contributed by atoms with Crippen molar-refractivity contribution in [3.8, 4) is 0 Å².